The summed E-state index contributed by atoms with van der Waals surface area (Å²) in [6, 6.07) is 21.9. The molecular formula is C25H28N2O5S. The van der Waals surface area contributed by atoms with Gasteiger partial charge in [-0.2, -0.15) is 0 Å². The summed E-state index contributed by atoms with van der Waals surface area (Å²) in [5.41, 5.74) is 1.33. The monoisotopic (exact) mass is 468 g/mol. The van der Waals surface area contributed by atoms with Crippen molar-refractivity contribution in [3.8, 4) is 11.5 Å². The van der Waals surface area contributed by atoms with E-state index >= 15 is 0 Å². The van der Waals surface area contributed by atoms with Crippen molar-refractivity contribution in [2.45, 2.75) is 24.8 Å². The van der Waals surface area contributed by atoms with Gasteiger partial charge in [0.15, 0.2) is 0 Å². The first kappa shape index (κ1) is 24.1. The summed E-state index contributed by atoms with van der Waals surface area (Å²) in [7, 11) is -2.49. The summed E-state index contributed by atoms with van der Waals surface area (Å²) in [4.78, 5) is 12.9. The summed E-state index contributed by atoms with van der Waals surface area (Å²) in [5, 5.41) is 2.82. The highest BCUT2D eigenvalue weighted by Crippen LogP contribution is 2.26. The number of hydrogen-bond donors (Lipinski definition) is 1. The molecule has 0 aliphatic heterocycles. The molecule has 1 amide bonds. The van der Waals surface area contributed by atoms with E-state index < -0.39 is 15.9 Å². The Morgan fingerprint density at radius 1 is 1.00 bits per heavy atom. The van der Waals surface area contributed by atoms with Gasteiger partial charge in [-0.15, -0.1) is 0 Å². The zero-order chi connectivity index (χ0) is 23.8. The molecular weight excluding hydrogens is 440 g/mol. The molecule has 0 saturated carbocycles. The number of para-hydroxylation sites is 1. The smallest absolute Gasteiger partial charge is 0.264 e. The van der Waals surface area contributed by atoms with Gasteiger partial charge in [-0.3, -0.25) is 9.10 Å². The van der Waals surface area contributed by atoms with Crippen LogP contribution in [-0.4, -0.2) is 40.6 Å². The molecule has 0 aromatic heterocycles. The molecule has 3 aromatic carbocycles. The fourth-order valence-corrected chi connectivity index (χ4v) is 4.66. The number of amides is 1. The highest BCUT2D eigenvalue weighted by Gasteiger charge is 2.27. The summed E-state index contributed by atoms with van der Waals surface area (Å²) in [6.07, 6.45) is 0. The van der Waals surface area contributed by atoms with Crippen LogP contribution in [0.5, 0.6) is 11.5 Å². The van der Waals surface area contributed by atoms with E-state index in [4.69, 9.17) is 9.47 Å². The summed E-state index contributed by atoms with van der Waals surface area (Å²) in [6.45, 7) is 3.61. The van der Waals surface area contributed by atoms with Crippen molar-refractivity contribution in [2.75, 3.05) is 24.6 Å². The van der Waals surface area contributed by atoms with E-state index in [-0.39, 0.29) is 24.1 Å². The lowest BCUT2D eigenvalue weighted by Gasteiger charge is -2.25. The van der Waals surface area contributed by atoms with Gasteiger partial charge in [0.05, 0.1) is 23.7 Å². The third-order valence-corrected chi connectivity index (χ3v) is 6.74. The van der Waals surface area contributed by atoms with E-state index in [0.29, 0.717) is 11.4 Å². The van der Waals surface area contributed by atoms with Gasteiger partial charge in [-0.05, 0) is 49.7 Å². The van der Waals surface area contributed by atoms with Gasteiger partial charge in [0, 0.05) is 6.07 Å². The van der Waals surface area contributed by atoms with E-state index in [2.05, 4.69) is 5.32 Å². The SMILES string of the molecule is COc1cccc(N(CC(=O)NC(C)COc2ccccc2C)S(=O)(=O)c2ccccc2)c1. The summed E-state index contributed by atoms with van der Waals surface area (Å²) in [5.74, 6) is 0.780. The molecule has 0 saturated heterocycles. The fraction of sp³-hybridized carbons (Fsp3) is 0.240. The third kappa shape index (κ3) is 6.26. The minimum absolute atomic E-state index is 0.0940. The number of benzene rings is 3. The van der Waals surface area contributed by atoms with E-state index in [1.165, 1.54) is 19.2 Å². The number of nitrogens with one attached hydrogen (secondary N) is 1. The Hall–Kier alpha value is -3.52. The maximum atomic E-state index is 13.4. The van der Waals surface area contributed by atoms with E-state index in [9.17, 15) is 13.2 Å². The van der Waals surface area contributed by atoms with Gasteiger partial charge in [0.1, 0.15) is 24.7 Å². The van der Waals surface area contributed by atoms with Gasteiger partial charge >= 0.3 is 0 Å². The van der Waals surface area contributed by atoms with Gasteiger partial charge in [0.2, 0.25) is 5.91 Å². The van der Waals surface area contributed by atoms with Crippen molar-refractivity contribution in [2.24, 2.45) is 0 Å². The zero-order valence-electron chi connectivity index (χ0n) is 18.9. The quantitative estimate of drug-likeness (QED) is 0.490. The minimum Gasteiger partial charge on any atom is -0.497 e. The van der Waals surface area contributed by atoms with Crippen LogP contribution in [0, 0.1) is 6.92 Å². The van der Waals surface area contributed by atoms with Crippen molar-refractivity contribution in [3.63, 3.8) is 0 Å². The minimum atomic E-state index is -3.99. The van der Waals surface area contributed by atoms with Crippen molar-refractivity contribution in [1.82, 2.24) is 5.32 Å². The molecule has 33 heavy (non-hydrogen) atoms. The molecule has 1 N–H and O–H groups in total. The van der Waals surface area contributed by atoms with Gasteiger partial charge in [-0.25, -0.2) is 8.42 Å². The Morgan fingerprint density at radius 2 is 1.70 bits per heavy atom. The number of methoxy groups -OCH3 is 1. The highest BCUT2D eigenvalue weighted by molar-refractivity contribution is 7.92. The number of carbonyl (C=O) groups excluding carboxylic acids is 1. The standard InChI is InChI=1S/C25H28N2O5S/c1-19-10-7-8-15-24(19)32-18-20(2)26-25(28)17-27(21-11-9-12-22(16-21)31-3)33(29,30)23-13-5-4-6-14-23/h4-16,20H,17-18H2,1-3H3,(H,26,28). The first-order valence-corrected chi connectivity index (χ1v) is 11.9. The largest absolute Gasteiger partial charge is 0.497 e. The third-order valence-electron chi connectivity index (χ3n) is 4.95. The van der Waals surface area contributed by atoms with Gasteiger partial charge in [-0.1, -0.05) is 42.5 Å². The number of hydrogen-bond acceptors (Lipinski definition) is 5. The van der Waals surface area contributed by atoms with E-state index in [0.717, 1.165) is 15.6 Å². The molecule has 3 rings (SSSR count). The van der Waals surface area contributed by atoms with Crippen molar-refractivity contribution in [3.05, 3.63) is 84.4 Å². The number of nitrogens with zero attached hydrogens (tertiary/aromatic N) is 1. The van der Waals surface area contributed by atoms with Crippen LogP contribution in [-0.2, 0) is 14.8 Å². The molecule has 7 nitrogen and oxygen atoms in total. The first-order valence-electron chi connectivity index (χ1n) is 10.5. The number of aryl methyl sites for hydroxylation is 1. The van der Waals surface area contributed by atoms with Crippen LogP contribution in [0.25, 0.3) is 0 Å². The number of rotatable bonds is 10. The zero-order valence-corrected chi connectivity index (χ0v) is 19.7. The van der Waals surface area contributed by atoms with E-state index in [1.807, 2.05) is 31.2 Å². The number of sulfonamides is 1. The molecule has 0 fully saturated rings. The van der Waals surface area contributed by atoms with Gasteiger partial charge < -0.3 is 14.8 Å². The predicted octanol–water partition coefficient (Wildman–Crippen LogP) is 3.78. The Labute approximate surface area is 195 Å². The van der Waals surface area contributed by atoms with Crippen molar-refractivity contribution in [1.29, 1.82) is 0 Å². The Kier molecular flexibility index (Phi) is 7.95. The summed E-state index contributed by atoms with van der Waals surface area (Å²) < 4.78 is 38.9. The molecule has 0 heterocycles. The average molecular weight is 469 g/mol. The van der Waals surface area contributed by atoms with Crippen LogP contribution in [0.1, 0.15) is 12.5 Å². The van der Waals surface area contributed by atoms with Gasteiger partial charge in [0.25, 0.3) is 10.0 Å². The number of anilines is 1. The fourth-order valence-electron chi connectivity index (χ4n) is 3.23. The lowest BCUT2D eigenvalue weighted by Crippen LogP contribution is -2.45. The Morgan fingerprint density at radius 3 is 2.39 bits per heavy atom. The van der Waals surface area contributed by atoms with Crippen LogP contribution in [0.2, 0.25) is 0 Å². The normalized spacial score (nSPS) is 12.0. The second-order valence-electron chi connectivity index (χ2n) is 7.57. The topological polar surface area (TPSA) is 84.9 Å². The molecule has 174 valence electrons. The second-order valence-corrected chi connectivity index (χ2v) is 9.43. The van der Waals surface area contributed by atoms with Crippen LogP contribution >= 0.6 is 0 Å². The van der Waals surface area contributed by atoms with Crippen LogP contribution in [0.4, 0.5) is 5.69 Å². The molecule has 1 atom stereocenters. The molecule has 1 unspecified atom stereocenters. The molecule has 0 bridgehead atoms. The molecule has 0 aliphatic rings. The maximum absolute atomic E-state index is 13.4. The van der Waals surface area contributed by atoms with Crippen LogP contribution < -0.4 is 19.1 Å². The van der Waals surface area contributed by atoms with E-state index in [1.54, 1.807) is 49.4 Å². The lowest BCUT2D eigenvalue weighted by atomic mass is 10.2. The van der Waals surface area contributed by atoms with Crippen molar-refractivity contribution >= 4 is 21.6 Å². The number of carbonyl (C=O) groups is 1. The first-order chi connectivity index (χ1) is 15.8. The molecule has 0 radical (unpaired) electrons. The Balaban J connectivity index is 1.76. The molecule has 0 spiro atoms. The van der Waals surface area contributed by atoms with Crippen LogP contribution in [0.3, 0.4) is 0 Å². The molecule has 8 heteroatoms. The van der Waals surface area contributed by atoms with Crippen molar-refractivity contribution < 1.29 is 22.7 Å². The predicted molar refractivity (Wildman–Crippen MR) is 128 cm³/mol. The lowest BCUT2D eigenvalue weighted by molar-refractivity contribution is -0.120. The highest BCUT2D eigenvalue weighted by atomic mass is 32.2. The average Bonchev–Trinajstić information content (AvgIpc) is 2.82. The maximum Gasteiger partial charge on any atom is 0.264 e. The summed E-state index contributed by atoms with van der Waals surface area (Å²) >= 11 is 0. The van der Waals surface area contributed by atoms with Crippen LogP contribution in [0.15, 0.2) is 83.8 Å². The molecule has 0 aliphatic carbocycles. The molecule has 3 aromatic rings. The number of ether oxygens (including phenoxy) is 2. The Bertz CT molecular complexity index is 1180. The second kappa shape index (κ2) is 10.9.